The van der Waals surface area contributed by atoms with Gasteiger partial charge < -0.3 is 14.3 Å². The Morgan fingerprint density at radius 1 is 1.43 bits per heavy atom. The van der Waals surface area contributed by atoms with Gasteiger partial charge in [0.2, 0.25) is 5.76 Å². The van der Waals surface area contributed by atoms with Crippen LogP contribution in [-0.2, 0) is 0 Å². The van der Waals surface area contributed by atoms with Crippen LogP contribution < -0.4 is 0 Å². The molecular formula is C9H13N3O2. The summed E-state index contributed by atoms with van der Waals surface area (Å²) in [5, 5.41) is 3.52. The van der Waals surface area contributed by atoms with Crippen LogP contribution in [0.1, 0.15) is 10.6 Å². The number of carbonyl (C=O) groups is 1. The van der Waals surface area contributed by atoms with E-state index in [1.165, 1.54) is 6.20 Å². The minimum Gasteiger partial charge on any atom is -0.351 e. The van der Waals surface area contributed by atoms with Crippen LogP contribution >= 0.6 is 0 Å². The highest BCUT2D eigenvalue weighted by Crippen LogP contribution is 2.06. The van der Waals surface area contributed by atoms with Crippen LogP contribution in [0.4, 0.5) is 0 Å². The van der Waals surface area contributed by atoms with Crippen LogP contribution in [0.25, 0.3) is 0 Å². The van der Waals surface area contributed by atoms with Crippen molar-refractivity contribution in [3.8, 4) is 0 Å². The first-order chi connectivity index (χ1) is 6.77. The Morgan fingerprint density at radius 3 is 2.71 bits per heavy atom. The summed E-state index contributed by atoms with van der Waals surface area (Å²) in [5.41, 5.74) is 0. The Bertz CT molecular complexity index is 302. The molecule has 14 heavy (non-hydrogen) atoms. The lowest BCUT2D eigenvalue weighted by Gasteiger charge is -2.31. The molecule has 0 saturated carbocycles. The minimum absolute atomic E-state index is 0.0596. The molecule has 76 valence electrons. The van der Waals surface area contributed by atoms with Crippen molar-refractivity contribution in [3.05, 3.63) is 18.0 Å². The molecule has 2 rings (SSSR count). The van der Waals surface area contributed by atoms with Gasteiger partial charge >= 0.3 is 0 Å². The highest BCUT2D eigenvalue weighted by atomic mass is 16.5. The third-order valence-electron chi connectivity index (χ3n) is 2.44. The van der Waals surface area contributed by atoms with Crippen molar-refractivity contribution in [2.24, 2.45) is 0 Å². The molecule has 0 atom stereocenters. The first-order valence-corrected chi connectivity index (χ1v) is 4.66. The predicted molar refractivity (Wildman–Crippen MR) is 49.9 cm³/mol. The van der Waals surface area contributed by atoms with Crippen LogP contribution in [0.2, 0.25) is 0 Å². The van der Waals surface area contributed by atoms with Crippen LogP contribution in [0, 0.1) is 0 Å². The molecule has 1 fully saturated rings. The fourth-order valence-electron chi connectivity index (χ4n) is 1.49. The third-order valence-corrected chi connectivity index (χ3v) is 2.44. The Hall–Kier alpha value is -1.36. The first kappa shape index (κ1) is 9.21. The average Bonchev–Trinajstić information content (AvgIpc) is 2.71. The molecule has 5 nitrogen and oxygen atoms in total. The number of amides is 1. The fourth-order valence-corrected chi connectivity index (χ4v) is 1.49. The lowest BCUT2D eigenvalue weighted by molar-refractivity contribution is 0.0623. The van der Waals surface area contributed by atoms with Gasteiger partial charge in [0, 0.05) is 32.2 Å². The number of likely N-dealkylation sites (N-methyl/N-ethyl adjacent to an activating group) is 1. The normalized spacial score (nSPS) is 18.5. The molecule has 1 aliphatic rings. The molecule has 0 unspecified atom stereocenters. The number of carbonyl (C=O) groups excluding carboxylic acids is 1. The van der Waals surface area contributed by atoms with Crippen molar-refractivity contribution in [2.75, 3.05) is 33.2 Å². The standard InChI is InChI=1S/C9H13N3O2/c1-11-4-6-12(7-5-11)9(13)8-2-3-10-14-8/h2-3H,4-7H2,1H3. The van der Waals surface area contributed by atoms with Crippen molar-refractivity contribution in [3.63, 3.8) is 0 Å². The fraction of sp³-hybridized carbons (Fsp3) is 0.556. The third kappa shape index (κ3) is 1.77. The van der Waals surface area contributed by atoms with Crippen molar-refractivity contribution >= 4 is 5.91 Å². The van der Waals surface area contributed by atoms with Crippen LogP contribution in [0.3, 0.4) is 0 Å². The molecular weight excluding hydrogens is 182 g/mol. The summed E-state index contributed by atoms with van der Waals surface area (Å²) in [6.45, 7) is 3.35. The van der Waals surface area contributed by atoms with Gasteiger partial charge in [0.05, 0.1) is 6.20 Å². The SMILES string of the molecule is CN1CCN(C(=O)c2ccno2)CC1. The number of nitrogens with zero attached hydrogens (tertiary/aromatic N) is 3. The van der Waals surface area contributed by atoms with E-state index in [2.05, 4.69) is 17.1 Å². The van der Waals surface area contributed by atoms with Gasteiger partial charge in [-0.2, -0.15) is 0 Å². The van der Waals surface area contributed by atoms with E-state index >= 15 is 0 Å². The molecule has 1 aliphatic heterocycles. The van der Waals surface area contributed by atoms with Gasteiger partial charge in [-0.25, -0.2) is 0 Å². The average molecular weight is 195 g/mol. The second-order valence-corrected chi connectivity index (χ2v) is 3.47. The summed E-state index contributed by atoms with van der Waals surface area (Å²) in [4.78, 5) is 15.7. The molecule has 1 amide bonds. The molecule has 2 heterocycles. The molecule has 0 spiro atoms. The van der Waals surface area contributed by atoms with Gasteiger partial charge in [0.1, 0.15) is 0 Å². The Labute approximate surface area is 82.3 Å². The summed E-state index contributed by atoms with van der Waals surface area (Å²) in [7, 11) is 2.05. The van der Waals surface area contributed by atoms with E-state index in [1.54, 1.807) is 11.0 Å². The molecule has 0 aliphatic carbocycles. The van der Waals surface area contributed by atoms with E-state index in [0.717, 1.165) is 26.2 Å². The van der Waals surface area contributed by atoms with E-state index < -0.39 is 0 Å². The highest BCUT2D eigenvalue weighted by molar-refractivity contribution is 5.91. The topological polar surface area (TPSA) is 49.6 Å². The number of piperazine rings is 1. The van der Waals surface area contributed by atoms with Crippen LogP contribution in [0.5, 0.6) is 0 Å². The second kappa shape index (κ2) is 3.79. The Kier molecular flexibility index (Phi) is 2.49. The lowest BCUT2D eigenvalue weighted by atomic mass is 10.3. The van der Waals surface area contributed by atoms with Gasteiger partial charge in [-0.1, -0.05) is 5.16 Å². The largest absolute Gasteiger partial charge is 0.351 e. The minimum atomic E-state index is -0.0596. The number of hydrogen-bond acceptors (Lipinski definition) is 4. The summed E-state index contributed by atoms with van der Waals surface area (Å²) in [6, 6.07) is 1.60. The van der Waals surface area contributed by atoms with Crippen molar-refractivity contribution in [1.29, 1.82) is 0 Å². The zero-order valence-electron chi connectivity index (χ0n) is 8.14. The van der Waals surface area contributed by atoms with Gasteiger partial charge in [-0.3, -0.25) is 4.79 Å². The van der Waals surface area contributed by atoms with E-state index in [9.17, 15) is 4.79 Å². The maximum Gasteiger partial charge on any atom is 0.292 e. The highest BCUT2D eigenvalue weighted by Gasteiger charge is 2.22. The van der Waals surface area contributed by atoms with Crippen molar-refractivity contribution in [1.82, 2.24) is 15.0 Å². The van der Waals surface area contributed by atoms with Crippen LogP contribution in [0.15, 0.2) is 16.8 Å². The molecule has 1 saturated heterocycles. The van der Waals surface area contributed by atoms with E-state index in [4.69, 9.17) is 4.52 Å². The molecule has 1 aromatic heterocycles. The predicted octanol–water partition coefficient (Wildman–Crippen LogP) is 0.0622. The number of hydrogen-bond donors (Lipinski definition) is 0. The summed E-state index contributed by atoms with van der Waals surface area (Å²) in [5.74, 6) is 0.269. The maximum absolute atomic E-state index is 11.7. The van der Waals surface area contributed by atoms with Crippen LogP contribution in [-0.4, -0.2) is 54.1 Å². The maximum atomic E-state index is 11.7. The molecule has 0 aromatic carbocycles. The lowest BCUT2D eigenvalue weighted by Crippen LogP contribution is -2.47. The molecule has 0 bridgehead atoms. The summed E-state index contributed by atoms with van der Waals surface area (Å²) < 4.78 is 4.82. The smallest absolute Gasteiger partial charge is 0.292 e. The van der Waals surface area contributed by atoms with Crippen molar-refractivity contribution < 1.29 is 9.32 Å². The van der Waals surface area contributed by atoms with Gasteiger partial charge in [-0.15, -0.1) is 0 Å². The van der Waals surface area contributed by atoms with E-state index in [-0.39, 0.29) is 5.91 Å². The quantitative estimate of drug-likeness (QED) is 0.636. The second-order valence-electron chi connectivity index (χ2n) is 3.47. The summed E-state index contributed by atoms with van der Waals surface area (Å²) in [6.07, 6.45) is 1.49. The van der Waals surface area contributed by atoms with E-state index in [1.807, 2.05) is 0 Å². The van der Waals surface area contributed by atoms with Gasteiger partial charge in [0.25, 0.3) is 5.91 Å². The molecule has 0 radical (unpaired) electrons. The molecule has 0 N–H and O–H groups in total. The zero-order valence-corrected chi connectivity index (χ0v) is 8.14. The van der Waals surface area contributed by atoms with E-state index in [0.29, 0.717) is 5.76 Å². The zero-order chi connectivity index (χ0) is 9.97. The Balaban J connectivity index is 1.99. The van der Waals surface area contributed by atoms with Gasteiger partial charge in [0.15, 0.2) is 0 Å². The first-order valence-electron chi connectivity index (χ1n) is 4.66. The monoisotopic (exact) mass is 195 g/mol. The number of rotatable bonds is 1. The number of aromatic nitrogens is 1. The summed E-state index contributed by atoms with van der Waals surface area (Å²) >= 11 is 0. The molecule has 5 heteroatoms. The van der Waals surface area contributed by atoms with Crippen molar-refractivity contribution in [2.45, 2.75) is 0 Å². The van der Waals surface area contributed by atoms with Gasteiger partial charge in [-0.05, 0) is 7.05 Å². The Morgan fingerprint density at radius 2 is 2.14 bits per heavy atom. The molecule has 1 aromatic rings.